The van der Waals surface area contributed by atoms with Gasteiger partial charge in [0.1, 0.15) is 0 Å². The molecular formula is C15H20N2. The Balaban J connectivity index is 2.29. The van der Waals surface area contributed by atoms with Crippen LogP contribution in [-0.2, 0) is 13.1 Å². The van der Waals surface area contributed by atoms with Gasteiger partial charge in [-0.15, -0.1) is 0 Å². The first-order chi connectivity index (χ1) is 8.10. The maximum Gasteiger partial charge on any atom is 0.0475 e. The number of nitrogens with zero attached hydrogens (tertiary/aromatic N) is 1. The summed E-state index contributed by atoms with van der Waals surface area (Å²) in [5, 5.41) is 0. The van der Waals surface area contributed by atoms with Gasteiger partial charge in [0.25, 0.3) is 0 Å². The molecule has 0 amide bonds. The van der Waals surface area contributed by atoms with E-state index < -0.39 is 0 Å². The zero-order valence-corrected chi connectivity index (χ0v) is 10.8. The van der Waals surface area contributed by atoms with Crippen LogP contribution in [-0.4, -0.2) is 4.57 Å². The lowest BCUT2D eigenvalue weighted by Crippen LogP contribution is -2.02. The van der Waals surface area contributed by atoms with Gasteiger partial charge in [0, 0.05) is 25.5 Å². The molecule has 2 rings (SSSR count). The minimum absolute atomic E-state index is 0.610. The first-order valence-electron chi connectivity index (χ1n) is 6.01. The molecule has 90 valence electrons. The second kappa shape index (κ2) is 4.76. The van der Waals surface area contributed by atoms with Gasteiger partial charge in [-0.05, 0) is 49.1 Å². The largest absolute Gasteiger partial charge is 0.350 e. The Bertz CT molecular complexity index is 500. The highest BCUT2D eigenvalue weighted by atomic mass is 14.9. The van der Waals surface area contributed by atoms with Crippen LogP contribution >= 0.6 is 0 Å². The van der Waals surface area contributed by atoms with Crippen molar-refractivity contribution in [3.8, 4) is 0 Å². The molecule has 0 saturated heterocycles. The standard InChI is InChI=1S/C15H20N2/c1-11-6-12(2)15(13(3)7-11)10-17-5-4-14(8-16)9-17/h4-7,9H,8,10,16H2,1-3H3. The number of aromatic nitrogens is 1. The lowest BCUT2D eigenvalue weighted by atomic mass is 10.00. The van der Waals surface area contributed by atoms with Gasteiger partial charge in [-0.2, -0.15) is 0 Å². The minimum Gasteiger partial charge on any atom is -0.350 e. The Labute approximate surface area is 103 Å². The summed E-state index contributed by atoms with van der Waals surface area (Å²) in [6, 6.07) is 6.57. The van der Waals surface area contributed by atoms with Crippen LogP contribution in [0.25, 0.3) is 0 Å². The lowest BCUT2D eigenvalue weighted by molar-refractivity contribution is 0.790. The summed E-state index contributed by atoms with van der Waals surface area (Å²) in [4.78, 5) is 0. The average Bonchev–Trinajstić information content (AvgIpc) is 2.71. The Kier molecular flexibility index (Phi) is 3.34. The highest BCUT2D eigenvalue weighted by Gasteiger charge is 2.04. The molecule has 0 atom stereocenters. The van der Waals surface area contributed by atoms with Crippen molar-refractivity contribution in [1.29, 1.82) is 0 Å². The van der Waals surface area contributed by atoms with Crippen molar-refractivity contribution < 1.29 is 0 Å². The van der Waals surface area contributed by atoms with Crippen LogP contribution in [0.3, 0.4) is 0 Å². The normalized spacial score (nSPS) is 10.8. The molecule has 1 aromatic heterocycles. The van der Waals surface area contributed by atoms with Gasteiger partial charge in [-0.25, -0.2) is 0 Å². The molecule has 1 aromatic carbocycles. The van der Waals surface area contributed by atoms with Crippen LogP contribution in [0.4, 0.5) is 0 Å². The third-order valence-electron chi connectivity index (χ3n) is 3.23. The van der Waals surface area contributed by atoms with E-state index in [0.717, 1.165) is 6.54 Å². The second-order valence-corrected chi connectivity index (χ2v) is 4.77. The summed E-state index contributed by atoms with van der Waals surface area (Å²) < 4.78 is 2.20. The van der Waals surface area contributed by atoms with E-state index in [2.05, 4.69) is 55.9 Å². The number of aryl methyl sites for hydroxylation is 3. The number of hydrogen-bond acceptors (Lipinski definition) is 1. The van der Waals surface area contributed by atoms with Crippen LogP contribution in [0.1, 0.15) is 27.8 Å². The van der Waals surface area contributed by atoms with Gasteiger partial charge >= 0.3 is 0 Å². The van der Waals surface area contributed by atoms with E-state index in [9.17, 15) is 0 Å². The first kappa shape index (κ1) is 11.9. The van der Waals surface area contributed by atoms with E-state index in [1.807, 2.05) is 0 Å². The first-order valence-corrected chi connectivity index (χ1v) is 6.01. The van der Waals surface area contributed by atoms with Crippen molar-refractivity contribution in [3.05, 3.63) is 58.4 Å². The Morgan fingerprint density at radius 1 is 1.12 bits per heavy atom. The fourth-order valence-corrected chi connectivity index (χ4v) is 2.35. The molecule has 0 spiro atoms. The molecular weight excluding hydrogens is 208 g/mol. The Hall–Kier alpha value is -1.54. The van der Waals surface area contributed by atoms with E-state index in [1.54, 1.807) is 0 Å². The zero-order valence-electron chi connectivity index (χ0n) is 10.8. The van der Waals surface area contributed by atoms with Gasteiger partial charge in [-0.1, -0.05) is 17.7 Å². The van der Waals surface area contributed by atoms with Crippen molar-refractivity contribution in [2.24, 2.45) is 5.73 Å². The fourth-order valence-electron chi connectivity index (χ4n) is 2.35. The summed E-state index contributed by atoms with van der Waals surface area (Å²) in [5.41, 5.74) is 12.3. The molecule has 2 N–H and O–H groups in total. The van der Waals surface area contributed by atoms with E-state index in [-0.39, 0.29) is 0 Å². The minimum atomic E-state index is 0.610. The average molecular weight is 228 g/mol. The van der Waals surface area contributed by atoms with Gasteiger partial charge in [0.15, 0.2) is 0 Å². The maximum atomic E-state index is 5.62. The molecule has 0 fully saturated rings. The van der Waals surface area contributed by atoms with Crippen molar-refractivity contribution in [1.82, 2.24) is 4.57 Å². The van der Waals surface area contributed by atoms with Crippen molar-refractivity contribution in [2.75, 3.05) is 0 Å². The Morgan fingerprint density at radius 2 is 1.76 bits per heavy atom. The molecule has 0 aliphatic rings. The molecule has 2 nitrogen and oxygen atoms in total. The molecule has 0 radical (unpaired) electrons. The molecule has 2 heteroatoms. The highest BCUT2D eigenvalue weighted by molar-refractivity contribution is 5.37. The predicted octanol–water partition coefficient (Wildman–Crippen LogP) is 2.92. The van der Waals surface area contributed by atoms with E-state index in [1.165, 1.54) is 27.8 Å². The molecule has 1 heterocycles. The molecule has 0 aliphatic carbocycles. The smallest absolute Gasteiger partial charge is 0.0475 e. The van der Waals surface area contributed by atoms with Crippen molar-refractivity contribution in [2.45, 2.75) is 33.9 Å². The number of benzene rings is 1. The fraction of sp³-hybridized carbons (Fsp3) is 0.333. The van der Waals surface area contributed by atoms with Gasteiger partial charge in [0.05, 0.1) is 0 Å². The van der Waals surface area contributed by atoms with Gasteiger partial charge in [0.2, 0.25) is 0 Å². The van der Waals surface area contributed by atoms with E-state index in [4.69, 9.17) is 5.73 Å². The lowest BCUT2D eigenvalue weighted by Gasteiger charge is -2.12. The summed E-state index contributed by atoms with van der Waals surface area (Å²) in [6.45, 7) is 8.05. The summed E-state index contributed by atoms with van der Waals surface area (Å²) in [6.07, 6.45) is 4.22. The number of hydrogen-bond donors (Lipinski definition) is 1. The molecule has 0 unspecified atom stereocenters. The van der Waals surface area contributed by atoms with Gasteiger partial charge in [-0.3, -0.25) is 0 Å². The molecule has 0 aliphatic heterocycles. The summed E-state index contributed by atoms with van der Waals surface area (Å²) in [5.74, 6) is 0. The molecule has 17 heavy (non-hydrogen) atoms. The van der Waals surface area contributed by atoms with Crippen molar-refractivity contribution >= 4 is 0 Å². The second-order valence-electron chi connectivity index (χ2n) is 4.77. The number of rotatable bonds is 3. The third kappa shape index (κ3) is 2.59. The highest BCUT2D eigenvalue weighted by Crippen LogP contribution is 2.18. The monoisotopic (exact) mass is 228 g/mol. The number of nitrogens with two attached hydrogens (primary N) is 1. The van der Waals surface area contributed by atoms with Crippen molar-refractivity contribution in [3.63, 3.8) is 0 Å². The Morgan fingerprint density at radius 3 is 2.29 bits per heavy atom. The van der Waals surface area contributed by atoms with Gasteiger partial charge < -0.3 is 10.3 Å². The summed E-state index contributed by atoms with van der Waals surface area (Å²) in [7, 11) is 0. The van der Waals surface area contributed by atoms with Crippen LogP contribution in [0.5, 0.6) is 0 Å². The quantitative estimate of drug-likeness (QED) is 0.860. The topological polar surface area (TPSA) is 30.9 Å². The molecule has 2 aromatic rings. The maximum absolute atomic E-state index is 5.62. The van der Waals surface area contributed by atoms with Crippen LogP contribution in [0.2, 0.25) is 0 Å². The predicted molar refractivity (Wildman–Crippen MR) is 72.1 cm³/mol. The summed E-state index contributed by atoms with van der Waals surface area (Å²) >= 11 is 0. The third-order valence-corrected chi connectivity index (χ3v) is 3.23. The zero-order chi connectivity index (χ0) is 12.4. The SMILES string of the molecule is Cc1cc(C)c(Cn2ccc(CN)c2)c(C)c1. The van der Waals surface area contributed by atoms with Crippen LogP contribution in [0, 0.1) is 20.8 Å². The molecule has 0 saturated carbocycles. The van der Waals surface area contributed by atoms with Crippen LogP contribution < -0.4 is 5.73 Å². The van der Waals surface area contributed by atoms with E-state index in [0.29, 0.717) is 6.54 Å². The van der Waals surface area contributed by atoms with E-state index >= 15 is 0 Å². The molecule has 0 bridgehead atoms. The van der Waals surface area contributed by atoms with Crippen LogP contribution in [0.15, 0.2) is 30.6 Å².